The highest BCUT2D eigenvalue weighted by Crippen LogP contribution is 2.66. The minimum Gasteiger partial charge on any atom is -0.410 e. The van der Waals surface area contributed by atoms with Crippen LogP contribution in [0.5, 0.6) is 0 Å². The Morgan fingerprint density at radius 3 is 2.45 bits per heavy atom. The van der Waals surface area contributed by atoms with Gasteiger partial charge in [0.2, 0.25) is 17.5 Å². The van der Waals surface area contributed by atoms with E-state index >= 15 is 4.39 Å². The van der Waals surface area contributed by atoms with Crippen LogP contribution >= 0.6 is 58.8 Å². The SMILES string of the molecule is CC(C)C(=O)Nc1nc2c(ncn2[C@@H]2S[C@@H]3COP(=S)(SCc4ccc(Cl)cc4Cl)O[C@H]4[C@H](F)[C@H](n5cnc6c(NC(=O)c7ccccc7)ncnc65)O[C@@H]4COP(O)(=S)O[C@@H]2[C@@H]3O[Si](C)(C)C(C)(C)C)c(=O)[nH]1. The summed E-state index contributed by atoms with van der Waals surface area (Å²) in [7, 11) is -2.73. The fourth-order valence-electron chi connectivity index (χ4n) is 7.90. The number of carbonyl (C=O) groups excluding carboxylic acids is 2. The van der Waals surface area contributed by atoms with Gasteiger partial charge in [-0.05, 0) is 71.6 Å². The summed E-state index contributed by atoms with van der Waals surface area (Å²) < 4.78 is 60.5. The van der Waals surface area contributed by atoms with Crippen molar-refractivity contribution in [2.75, 3.05) is 23.8 Å². The highest BCUT2D eigenvalue weighted by Gasteiger charge is 2.55. The average Bonchev–Trinajstić information content (AvgIpc) is 4.11. The van der Waals surface area contributed by atoms with E-state index in [0.717, 1.165) is 11.4 Å². The summed E-state index contributed by atoms with van der Waals surface area (Å²) in [6, 6.07) is 13.5. The first-order chi connectivity index (χ1) is 34.9. The number of carbonyl (C=O) groups is 2. The zero-order valence-corrected chi connectivity index (χ0v) is 48.1. The maximum atomic E-state index is 17.6. The molecule has 0 spiro atoms. The van der Waals surface area contributed by atoms with Crippen LogP contribution in [-0.2, 0) is 61.4 Å². The lowest BCUT2D eigenvalue weighted by Gasteiger charge is -2.41. The molecule has 30 heteroatoms. The highest BCUT2D eigenvalue weighted by atomic mass is 35.5. The zero-order chi connectivity index (χ0) is 53.1. The van der Waals surface area contributed by atoms with Gasteiger partial charge < -0.3 is 32.9 Å². The Labute approximate surface area is 453 Å². The number of hydrogen-bond acceptors (Lipinski definition) is 18. The molecule has 74 heavy (non-hydrogen) atoms. The topological polar surface area (TPSA) is 241 Å². The van der Waals surface area contributed by atoms with E-state index in [0.29, 0.717) is 21.2 Å². The summed E-state index contributed by atoms with van der Waals surface area (Å²) in [5.74, 6) is -1.13. The fraction of sp³-hybridized carbons (Fsp3) is 0.455. The van der Waals surface area contributed by atoms with Crippen LogP contribution in [0, 0.1) is 5.92 Å². The van der Waals surface area contributed by atoms with Crippen LogP contribution in [0.3, 0.4) is 0 Å². The Bertz CT molecular complexity index is 3270. The number of anilines is 2. The molecule has 0 radical (unpaired) electrons. The molecule has 10 atom stereocenters. The quantitative estimate of drug-likeness (QED) is 0.0697. The monoisotopic (exact) mass is 1190 g/mol. The molecule has 6 aromatic rings. The summed E-state index contributed by atoms with van der Waals surface area (Å²) in [4.78, 5) is 76.2. The molecule has 2 amide bonds. The Balaban J connectivity index is 1.10. The van der Waals surface area contributed by atoms with Crippen LogP contribution in [-0.4, -0.2) is 113 Å². The summed E-state index contributed by atoms with van der Waals surface area (Å²) in [6.45, 7) is 8.64. The first kappa shape index (κ1) is 55.5. The van der Waals surface area contributed by atoms with Crippen molar-refractivity contribution in [3.63, 3.8) is 0 Å². The summed E-state index contributed by atoms with van der Waals surface area (Å²) in [5.41, 5.74) is -2.99. The minimum atomic E-state index is -4.37. The van der Waals surface area contributed by atoms with Gasteiger partial charge in [0.1, 0.15) is 30.0 Å². The largest absolute Gasteiger partial charge is 0.410 e. The van der Waals surface area contributed by atoms with Crippen molar-refractivity contribution in [3.8, 4) is 0 Å². The number of fused-ring (bicyclic) bond motifs is 5. The van der Waals surface area contributed by atoms with Crippen LogP contribution < -0.4 is 16.2 Å². The van der Waals surface area contributed by atoms with Gasteiger partial charge in [-0.2, -0.15) is 4.98 Å². The second kappa shape index (κ2) is 21.9. The second-order valence-electron chi connectivity index (χ2n) is 19.3. The van der Waals surface area contributed by atoms with Gasteiger partial charge in [-0.25, -0.2) is 24.3 Å². The molecule has 2 unspecified atom stereocenters. The molecule has 7 heterocycles. The van der Waals surface area contributed by atoms with Crippen LogP contribution in [0.1, 0.15) is 62.1 Å². The van der Waals surface area contributed by atoms with E-state index in [1.54, 1.807) is 66.9 Å². The van der Waals surface area contributed by atoms with Gasteiger partial charge in [0.05, 0.1) is 37.2 Å². The smallest absolute Gasteiger partial charge is 0.325 e. The first-order valence-corrected chi connectivity index (χ1v) is 34.4. The molecule has 0 aliphatic carbocycles. The first-order valence-electron chi connectivity index (χ1n) is 23.0. The molecule has 3 aliphatic rings. The molecular weight excluding hydrogens is 1140 g/mol. The highest BCUT2D eigenvalue weighted by molar-refractivity contribution is 8.67. The number of thioether (sulfide) groups is 1. The van der Waals surface area contributed by atoms with Crippen molar-refractivity contribution in [1.29, 1.82) is 0 Å². The number of benzene rings is 2. The Hall–Kier alpha value is -3.27. The lowest BCUT2D eigenvalue weighted by Crippen LogP contribution is -2.50. The van der Waals surface area contributed by atoms with Gasteiger partial charge in [0, 0.05) is 27.3 Å². The predicted molar refractivity (Wildman–Crippen MR) is 293 cm³/mol. The number of imidazole rings is 2. The van der Waals surface area contributed by atoms with Gasteiger partial charge in [0.15, 0.2) is 48.9 Å². The Kier molecular flexibility index (Phi) is 16.4. The van der Waals surface area contributed by atoms with Crippen LogP contribution in [0.4, 0.5) is 16.2 Å². The number of aromatic amines is 1. The van der Waals surface area contributed by atoms with Gasteiger partial charge in [0.25, 0.3) is 11.5 Å². The Morgan fingerprint density at radius 1 is 1.00 bits per heavy atom. The Morgan fingerprint density at radius 2 is 1.73 bits per heavy atom. The van der Waals surface area contributed by atoms with Crippen molar-refractivity contribution in [2.24, 2.45) is 5.92 Å². The predicted octanol–water partition coefficient (Wildman–Crippen LogP) is 9.54. The third-order valence-corrected chi connectivity index (χ3v) is 26.2. The summed E-state index contributed by atoms with van der Waals surface area (Å²) in [5, 5.41) is 4.31. The van der Waals surface area contributed by atoms with E-state index in [1.807, 2.05) is 0 Å². The third kappa shape index (κ3) is 11.8. The molecule has 3 aliphatic heterocycles. The number of alkyl halides is 1. The molecule has 2 bridgehead atoms. The maximum Gasteiger partial charge on any atom is 0.325 e. The molecule has 4 aromatic heterocycles. The number of nitrogens with zero attached hydrogens (tertiary/aromatic N) is 7. The fourth-order valence-corrected chi connectivity index (χ4v) is 17.4. The normalized spacial score (nSPS) is 27.9. The van der Waals surface area contributed by atoms with E-state index in [1.165, 1.54) is 35.3 Å². The second-order valence-corrected chi connectivity index (χ2v) is 35.3. The van der Waals surface area contributed by atoms with Crippen LogP contribution in [0.15, 0.2) is 72.3 Å². The van der Waals surface area contributed by atoms with Gasteiger partial charge in [-0.15, -0.1) is 11.8 Å². The number of H-pyrrole nitrogens is 1. The molecule has 3 fully saturated rings. The summed E-state index contributed by atoms with van der Waals surface area (Å²) in [6.07, 6.45) is -4.41. The van der Waals surface area contributed by atoms with Crippen molar-refractivity contribution >= 4 is 137 Å². The number of ether oxygens (including phenoxy) is 1. The summed E-state index contributed by atoms with van der Waals surface area (Å²) >= 11 is 27.5. The number of amides is 2. The average molecular weight is 1190 g/mol. The van der Waals surface area contributed by atoms with Gasteiger partial charge in [-0.3, -0.25) is 38.3 Å². The van der Waals surface area contributed by atoms with E-state index < -0.39 is 92.2 Å². The van der Waals surface area contributed by atoms with E-state index in [9.17, 15) is 19.3 Å². The molecular formula is C44H51Cl2FN10O10P2S4Si. The van der Waals surface area contributed by atoms with E-state index in [4.69, 9.17) is 74.1 Å². The van der Waals surface area contributed by atoms with Crippen molar-refractivity contribution in [3.05, 3.63) is 99.0 Å². The molecule has 9 rings (SSSR count). The minimum absolute atomic E-state index is 0.0336. The number of halogens is 3. The lowest BCUT2D eigenvalue weighted by atomic mass is 10.1. The molecule has 2 aromatic carbocycles. The van der Waals surface area contributed by atoms with Crippen LogP contribution in [0.25, 0.3) is 22.3 Å². The third-order valence-electron chi connectivity index (χ3n) is 12.9. The maximum absolute atomic E-state index is 17.6. The molecule has 20 nitrogen and oxygen atoms in total. The lowest BCUT2D eigenvalue weighted by molar-refractivity contribution is -0.118. The van der Waals surface area contributed by atoms with Crippen molar-refractivity contribution < 1.29 is 46.1 Å². The number of nitrogens with one attached hydrogen (secondary N) is 3. The van der Waals surface area contributed by atoms with Crippen molar-refractivity contribution in [1.82, 2.24) is 39.0 Å². The molecule has 0 saturated carbocycles. The number of hydrogen-bond donors (Lipinski definition) is 4. The van der Waals surface area contributed by atoms with Crippen LogP contribution in [0.2, 0.25) is 28.2 Å². The number of aromatic nitrogens is 8. The van der Waals surface area contributed by atoms with Gasteiger partial charge in [-0.1, -0.05) is 93.5 Å². The standard InChI is InChI=1S/C44H51Cl2FN10O10P2S4Si/c1-22(2)38(58)54-43-53-37-31(40(60)55-43)51-21-57(37)42-34-33(67-74(6,7)44(3,4)5)28(73-42)17-63-69(71,72-18-24-13-14-25(45)15-26(24)46)66-32-27(16-62-68(61,70)65-34)64-41(29(32)47)56-20-50-30-35(48-19-49-36(30)56)52-39(59)23-11-9-8-10-12-23/h8-15,19-22,27-29,32-34,41-42H,16-18H2,1-7H3,(H,61,70)(H,48,49,52,59)(H2,53,54,55,58,60)/t27-,28-,29+,32-,33-,34-,41-,42-,68?,69?/m1/s1. The van der Waals surface area contributed by atoms with E-state index in [2.05, 4.69) is 74.4 Å². The van der Waals surface area contributed by atoms with E-state index in [-0.39, 0.29) is 57.4 Å². The number of rotatable bonds is 11. The van der Waals surface area contributed by atoms with Gasteiger partial charge >= 0.3 is 6.72 Å². The molecule has 3 saturated heterocycles. The van der Waals surface area contributed by atoms with Crippen molar-refractivity contribution in [2.45, 2.75) is 106 Å². The molecule has 396 valence electrons. The zero-order valence-electron chi connectivity index (χ0n) is 40.6. The molecule has 4 N–H and O–H groups in total.